The summed E-state index contributed by atoms with van der Waals surface area (Å²) in [4.78, 5) is 23.8. The first-order chi connectivity index (χ1) is 12.8. The molecule has 8 nitrogen and oxygen atoms in total. The fraction of sp³-hybridized carbons (Fsp3) is 0.111. The van der Waals surface area contributed by atoms with Gasteiger partial charge in [0.05, 0.1) is 4.90 Å². The van der Waals surface area contributed by atoms with Crippen molar-refractivity contribution in [1.29, 1.82) is 0 Å². The zero-order chi connectivity index (χ0) is 19.4. The zero-order valence-corrected chi connectivity index (χ0v) is 14.9. The summed E-state index contributed by atoms with van der Waals surface area (Å²) in [6.07, 6.45) is 0. The van der Waals surface area contributed by atoms with Gasteiger partial charge in [-0.25, -0.2) is 18.4 Å². The van der Waals surface area contributed by atoms with E-state index in [0.717, 1.165) is 5.39 Å². The van der Waals surface area contributed by atoms with Gasteiger partial charge < -0.3 is 14.5 Å². The van der Waals surface area contributed by atoms with Crippen molar-refractivity contribution in [2.75, 3.05) is 6.61 Å². The minimum atomic E-state index is -3.76. The van der Waals surface area contributed by atoms with Crippen molar-refractivity contribution in [3.63, 3.8) is 0 Å². The number of amides is 1. The van der Waals surface area contributed by atoms with Gasteiger partial charge in [-0.2, -0.15) is 0 Å². The van der Waals surface area contributed by atoms with Gasteiger partial charge in [0.25, 0.3) is 5.91 Å². The molecule has 3 rings (SSSR count). The van der Waals surface area contributed by atoms with E-state index in [-0.39, 0.29) is 17.2 Å². The number of sulfonamides is 1. The summed E-state index contributed by atoms with van der Waals surface area (Å²) >= 11 is 0. The number of fused-ring (bicyclic) bond motifs is 1. The molecule has 0 bridgehead atoms. The van der Waals surface area contributed by atoms with Gasteiger partial charge in [0.2, 0.25) is 15.8 Å². The van der Waals surface area contributed by atoms with Crippen molar-refractivity contribution < 1.29 is 27.2 Å². The first-order valence-corrected chi connectivity index (χ1v) is 9.42. The number of para-hydroxylation sites is 1. The molecule has 1 aromatic heterocycles. The number of hydrogen-bond donors (Lipinski definition) is 2. The number of rotatable bonds is 6. The van der Waals surface area contributed by atoms with Gasteiger partial charge in [-0.1, -0.05) is 30.3 Å². The first kappa shape index (κ1) is 18.6. The van der Waals surface area contributed by atoms with Crippen LogP contribution in [0.5, 0.6) is 0 Å². The summed E-state index contributed by atoms with van der Waals surface area (Å²) in [7, 11) is -3.76. The third-order valence-electron chi connectivity index (χ3n) is 3.70. The van der Waals surface area contributed by atoms with E-state index in [1.54, 1.807) is 24.3 Å². The minimum absolute atomic E-state index is 0.0163. The fourth-order valence-electron chi connectivity index (χ4n) is 2.33. The molecule has 0 aliphatic carbocycles. The SMILES string of the molecule is NS(=O)(=O)c1ccc(CNC(=O)COC(=O)c2cc3ccccc3o2)cc1. The standard InChI is InChI=1S/C18H16N2O6S/c19-27(23,24)14-7-5-12(6-8-14)10-20-17(21)11-25-18(22)16-9-13-3-1-2-4-15(13)26-16/h1-9H,10-11H2,(H,20,21)(H2,19,23,24). The van der Waals surface area contributed by atoms with Crippen LogP contribution in [0, 0.1) is 0 Å². The average molecular weight is 388 g/mol. The van der Waals surface area contributed by atoms with Gasteiger partial charge in [0.15, 0.2) is 6.61 Å². The molecule has 3 aromatic rings. The largest absolute Gasteiger partial charge is 0.450 e. The lowest BCUT2D eigenvalue weighted by Crippen LogP contribution is -2.28. The number of furan rings is 1. The summed E-state index contributed by atoms with van der Waals surface area (Å²) in [6, 6.07) is 14.4. The summed E-state index contributed by atoms with van der Waals surface area (Å²) < 4.78 is 32.7. The second-order valence-corrected chi connectivity index (χ2v) is 7.25. The Kier molecular flexibility index (Phi) is 5.24. The molecule has 0 radical (unpaired) electrons. The van der Waals surface area contributed by atoms with Crippen LogP contribution in [0.1, 0.15) is 16.1 Å². The third kappa shape index (κ3) is 4.72. The molecule has 1 amide bonds. The molecule has 2 aromatic carbocycles. The van der Waals surface area contributed by atoms with E-state index in [1.165, 1.54) is 24.3 Å². The molecule has 0 saturated heterocycles. The van der Waals surface area contributed by atoms with Crippen molar-refractivity contribution in [2.24, 2.45) is 5.14 Å². The second-order valence-electron chi connectivity index (χ2n) is 5.69. The summed E-state index contributed by atoms with van der Waals surface area (Å²) in [5, 5.41) is 8.34. The number of esters is 1. The predicted molar refractivity (Wildman–Crippen MR) is 96.2 cm³/mol. The number of primary sulfonamides is 1. The Morgan fingerprint density at radius 2 is 1.78 bits per heavy atom. The van der Waals surface area contributed by atoms with Crippen LogP contribution in [0.3, 0.4) is 0 Å². The van der Waals surface area contributed by atoms with Crippen molar-refractivity contribution in [2.45, 2.75) is 11.4 Å². The van der Waals surface area contributed by atoms with Gasteiger partial charge in [-0.05, 0) is 29.8 Å². The Bertz CT molecular complexity index is 1050. The number of benzene rings is 2. The van der Waals surface area contributed by atoms with E-state index >= 15 is 0 Å². The van der Waals surface area contributed by atoms with E-state index in [9.17, 15) is 18.0 Å². The van der Waals surface area contributed by atoms with Gasteiger partial charge >= 0.3 is 5.97 Å². The highest BCUT2D eigenvalue weighted by atomic mass is 32.2. The zero-order valence-electron chi connectivity index (χ0n) is 14.0. The van der Waals surface area contributed by atoms with E-state index in [4.69, 9.17) is 14.3 Å². The van der Waals surface area contributed by atoms with Crippen LogP contribution in [0.4, 0.5) is 0 Å². The highest BCUT2D eigenvalue weighted by molar-refractivity contribution is 7.89. The van der Waals surface area contributed by atoms with Crippen LogP contribution in [-0.2, 0) is 26.1 Å². The molecule has 1 heterocycles. The number of hydrogen-bond acceptors (Lipinski definition) is 6. The lowest BCUT2D eigenvalue weighted by Gasteiger charge is -2.06. The van der Waals surface area contributed by atoms with E-state index in [2.05, 4.69) is 5.32 Å². The molecule has 0 atom stereocenters. The number of ether oxygens (including phenoxy) is 1. The normalized spacial score (nSPS) is 11.3. The number of nitrogens with two attached hydrogens (primary N) is 1. The molecule has 0 aliphatic heterocycles. The van der Waals surface area contributed by atoms with Crippen molar-refractivity contribution in [3.8, 4) is 0 Å². The summed E-state index contributed by atoms with van der Waals surface area (Å²) in [5.74, 6) is -1.23. The van der Waals surface area contributed by atoms with E-state index in [1.807, 2.05) is 6.07 Å². The van der Waals surface area contributed by atoms with Crippen LogP contribution >= 0.6 is 0 Å². The molecule has 0 aliphatic rings. The van der Waals surface area contributed by atoms with Gasteiger partial charge in [-0.15, -0.1) is 0 Å². The third-order valence-corrected chi connectivity index (χ3v) is 4.63. The molecule has 0 spiro atoms. The average Bonchev–Trinajstić information content (AvgIpc) is 3.08. The quantitative estimate of drug-likeness (QED) is 0.617. The number of carbonyl (C=O) groups excluding carboxylic acids is 2. The molecule has 3 N–H and O–H groups in total. The topological polar surface area (TPSA) is 129 Å². The second kappa shape index (κ2) is 7.60. The monoisotopic (exact) mass is 388 g/mol. The Morgan fingerprint density at radius 3 is 2.44 bits per heavy atom. The Hall–Kier alpha value is -3.17. The van der Waals surface area contributed by atoms with Gasteiger partial charge in [-0.3, -0.25) is 4.79 Å². The Balaban J connectivity index is 1.50. The smallest absolute Gasteiger partial charge is 0.374 e. The molecule has 140 valence electrons. The lowest BCUT2D eigenvalue weighted by molar-refractivity contribution is -0.124. The van der Waals surface area contributed by atoms with Crippen LogP contribution in [0.15, 0.2) is 63.9 Å². The summed E-state index contributed by atoms with van der Waals surface area (Å²) in [6.45, 7) is -0.322. The molecule has 0 unspecified atom stereocenters. The molecule has 0 fully saturated rings. The maximum absolute atomic E-state index is 12.0. The van der Waals surface area contributed by atoms with Gasteiger partial charge in [0.1, 0.15) is 5.58 Å². The van der Waals surface area contributed by atoms with Crippen molar-refractivity contribution in [1.82, 2.24) is 5.32 Å². The van der Waals surface area contributed by atoms with Crippen molar-refractivity contribution in [3.05, 3.63) is 65.9 Å². The maximum Gasteiger partial charge on any atom is 0.374 e. The van der Waals surface area contributed by atoms with E-state index < -0.39 is 28.5 Å². The van der Waals surface area contributed by atoms with Crippen LogP contribution in [0.25, 0.3) is 11.0 Å². The molecule has 0 saturated carbocycles. The molecular weight excluding hydrogens is 372 g/mol. The van der Waals surface area contributed by atoms with Crippen LogP contribution in [-0.4, -0.2) is 26.9 Å². The molecule has 27 heavy (non-hydrogen) atoms. The predicted octanol–water partition coefficient (Wildman–Crippen LogP) is 1.55. The van der Waals surface area contributed by atoms with Gasteiger partial charge in [0, 0.05) is 11.9 Å². The Labute approximate surface area is 155 Å². The first-order valence-electron chi connectivity index (χ1n) is 7.87. The Morgan fingerprint density at radius 1 is 1.07 bits per heavy atom. The fourth-order valence-corrected chi connectivity index (χ4v) is 2.85. The molecular formula is C18H16N2O6S. The van der Waals surface area contributed by atoms with Crippen molar-refractivity contribution >= 4 is 32.9 Å². The maximum atomic E-state index is 12.0. The summed E-state index contributed by atoms with van der Waals surface area (Å²) in [5.41, 5.74) is 1.22. The van der Waals surface area contributed by atoms with E-state index in [0.29, 0.717) is 11.1 Å². The van der Waals surface area contributed by atoms with Crippen LogP contribution in [0.2, 0.25) is 0 Å². The minimum Gasteiger partial charge on any atom is -0.450 e. The lowest BCUT2D eigenvalue weighted by atomic mass is 10.2. The highest BCUT2D eigenvalue weighted by Gasteiger charge is 2.15. The number of carbonyl (C=O) groups is 2. The molecule has 9 heteroatoms. The van der Waals surface area contributed by atoms with Crippen LogP contribution < -0.4 is 10.5 Å². The highest BCUT2D eigenvalue weighted by Crippen LogP contribution is 2.19. The number of nitrogens with one attached hydrogen (secondary N) is 1.